The summed E-state index contributed by atoms with van der Waals surface area (Å²) in [6, 6.07) is 12.1. The summed E-state index contributed by atoms with van der Waals surface area (Å²) in [7, 11) is 1.52. The lowest BCUT2D eigenvalue weighted by molar-refractivity contribution is -0.139. The molecule has 0 radical (unpaired) electrons. The van der Waals surface area contributed by atoms with Gasteiger partial charge < -0.3 is 19.9 Å². The Balaban J connectivity index is 2.24. The maximum absolute atomic E-state index is 12.4. The molecule has 0 aromatic heterocycles. The van der Waals surface area contributed by atoms with Gasteiger partial charge in [-0.05, 0) is 81.1 Å². The Kier molecular flexibility index (Phi) is 8.06. The molecular formula is C19H14I2N2O5. The molecule has 2 aromatic rings. The summed E-state index contributed by atoms with van der Waals surface area (Å²) in [5.41, 5.74) is 1.05. The van der Waals surface area contributed by atoms with Crippen molar-refractivity contribution in [1.29, 1.82) is 5.26 Å². The van der Waals surface area contributed by atoms with Gasteiger partial charge >= 0.3 is 5.97 Å². The summed E-state index contributed by atoms with van der Waals surface area (Å²) in [5, 5.41) is 20.8. The first-order valence-electron chi connectivity index (χ1n) is 7.75. The van der Waals surface area contributed by atoms with E-state index in [0.29, 0.717) is 29.9 Å². The topological polar surface area (TPSA) is 109 Å². The molecule has 9 heteroatoms. The zero-order valence-electron chi connectivity index (χ0n) is 14.5. The molecule has 2 rings (SSSR count). The molecule has 0 bridgehead atoms. The van der Waals surface area contributed by atoms with Gasteiger partial charge in [0.05, 0.1) is 14.3 Å². The SMILES string of the molecule is COc1cccc(NC(=O)/C(C#N)=C\c2cc(I)c(OCC(=O)O)c(I)c2)c1. The number of methoxy groups -OCH3 is 1. The highest BCUT2D eigenvalue weighted by atomic mass is 127. The van der Waals surface area contributed by atoms with Gasteiger partial charge in [0.15, 0.2) is 6.61 Å². The lowest BCUT2D eigenvalue weighted by Gasteiger charge is -2.10. The van der Waals surface area contributed by atoms with E-state index in [1.165, 1.54) is 13.2 Å². The molecule has 0 fully saturated rings. The molecule has 1 amide bonds. The molecule has 0 unspecified atom stereocenters. The number of benzene rings is 2. The minimum Gasteiger partial charge on any atom is -0.497 e. The number of amides is 1. The molecular weight excluding hydrogens is 590 g/mol. The number of nitrogens with zero attached hydrogens (tertiary/aromatic N) is 1. The largest absolute Gasteiger partial charge is 0.497 e. The second-order valence-electron chi connectivity index (χ2n) is 5.35. The molecule has 0 atom stereocenters. The highest BCUT2D eigenvalue weighted by Crippen LogP contribution is 2.30. The standard InChI is InChI=1S/C19H14I2N2O5/c1-27-14-4-2-3-13(8-14)23-19(26)12(9-22)5-11-6-15(20)18(16(21)7-11)28-10-17(24)25/h2-8H,10H2,1H3,(H,23,26)(H,24,25)/b12-5-. The zero-order valence-corrected chi connectivity index (χ0v) is 18.8. The Hall–Kier alpha value is -2.33. The summed E-state index contributed by atoms with van der Waals surface area (Å²) in [6.45, 7) is -0.451. The van der Waals surface area contributed by atoms with E-state index in [1.807, 2.05) is 51.3 Å². The van der Waals surface area contributed by atoms with E-state index in [1.54, 1.807) is 36.4 Å². The Morgan fingerprint density at radius 1 is 1.25 bits per heavy atom. The van der Waals surface area contributed by atoms with E-state index < -0.39 is 18.5 Å². The fourth-order valence-electron chi connectivity index (χ4n) is 2.15. The molecule has 28 heavy (non-hydrogen) atoms. The van der Waals surface area contributed by atoms with Gasteiger partial charge in [-0.2, -0.15) is 5.26 Å². The number of carboxylic acid groups (broad SMARTS) is 1. The number of hydrogen-bond donors (Lipinski definition) is 2. The second kappa shape index (κ2) is 10.3. The van der Waals surface area contributed by atoms with Crippen LogP contribution in [0.5, 0.6) is 11.5 Å². The third-order valence-electron chi connectivity index (χ3n) is 3.36. The average Bonchev–Trinajstić information content (AvgIpc) is 2.65. The number of carbonyl (C=O) groups excluding carboxylic acids is 1. The number of carboxylic acids is 1. The minimum absolute atomic E-state index is 0.0753. The van der Waals surface area contributed by atoms with E-state index >= 15 is 0 Å². The van der Waals surface area contributed by atoms with Crippen LogP contribution in [0, 0.1) is 18.5 Å². The molecule has 0 saturated carbocycles. The van der Waals surface area contributed by atoms with Crippen molar-refractivity contribution in [3.8, 4) is 17.6 Å². The number of carbonyl (C=O) groups is 2. The van der Waals surface area contributed by atoms with E-state index in [4.69, 9.17) is 14.6 Å². The maximum Gasteiger partial charge on any atom is 0.341 e. The van der Waals surface area contributed by atoms with Crippen LogP contribution in [0.25, 0.3) is 6.08 Å². The van der Waals surface area contributed by atoms with Gasteiger partial charge in [0.1, 0.15) is 23.1 Å². The molecule has 0 aliphatic carbocycles. The number of anilines is 1. The monoisotopic (exact) mass is 604 g/mol. The van der Waals surface area contributed by atoms with Gasteiger partial charge in [0.2, 0.25) is 0 Å². The molecule has 0 spiro atoms. The van der Waals surface area contributed by atoms with Crippen molar-refractivity contribution in [2.75, 3.05) is 19.0 Å². The second-order valence-corrected chi connectivity index (χ2v) is 7.68. The summed E-state index contributed by atoms with van der Waals surface area (Å²) < 4.78 is 11.7. The van der Waals surface area contributed by atoms with Gasteiger partial charge in [-0.25, -0.2) is 4.79 Å². The number of hydrogen-bond acceptors (Lipinski definition) is 5. The van der Waals surface area contributed by atoms with E-state index in [-0.39, 0.29) is 5.57 Å². The number of halogens is 2. The minimum atomic E-state index is -1.07. The Labute approximate surface area is 188 Å². The number of rotatable bonds is 7. The normalized spacial score (nSPS) is 10.7. The first-order valence-corrected chi connectivity index (χ1v) is 9.90. The zero-order chi connectivity index (χ0) is 20.7. The van der Waals surface area contributed by atoms with Crippen molar-refractivity contribution >= 4 is 68.8 Å². The highest BCUT2D eigenvalue weighted by Gasteiger charge is 2.13. The first-order chi connectivity index (χ1) is 13.3. The Morgan fingerprint density at radius 2 is 1.93 bits per heavy atom. The van der Waals surface area contributed by atoms with Crippen LogP contribution in [0.4, 0.5) is 5.69 Å². The van der Waals surface area contributed by atoms with Crippen LogP contribution in [0.3, 0.4) is 0 Å². The van der Waals surface area contributed by atoms with Crippen molar-refractivity contribution in [3.63, 3.8) is 0 Å². The lowest BCUT2D eigenvalue weighted by atomic mass is 10.1. The van der Waals surface area contributed by atoms with Crippen molar-refractivity contribution < 1.29 is 24.2 Å². The quantitative estimate of drug-likeness (QED) is 0.282. The molecule has 144 valence electrons. The predicted molar refractivity (Wildman–Crippen MR) is 120 cm³/mol. The fourth-order valence-corrected chi connectivity index (χ4v) is 4.28. The van der Waals surface area contributed by atoms with E-state index in [0.717, 1.165) is 0 Å². The Bertz CT molecular complexity index is 960. The van der Waals surface area contributed by atoms with Crippen molar-refractivity contribution in [2.45, 2.75) is 0 Å². The lowest BCUT2D eigenvalue weighted by Crippen LogP contribution is -2.13. The van der Waals surface area contributed by atoms with E-state index in [9.17, 15) is 14.9 Å². The van der Waals surface area contributed by atoms with Crippen molar-refractivity contribution in [2.24, 2.45) is 0 Å². The molecule has 0 heterocycles. The number of nitriles is 1. The van der Waals surface area contributed by atoms with Crippen LogP contribution >= 0.6 is 45.2 Å². The van der Waals surface area contributed by atoms with Gasteiger partial charge in [-0.3, -0.25) is 4.79 Å². The molecule has 2 aromatic carbocycles. The predicted octanol–water partition coefficient (Wildman–Crippen LogP) is 3.91. The van der Waals surface area contributed by atoms with Crippen LogP contribution in [-0.2, 0) is 9.59 Å². The van der Waals surface area contributed by atoms with Crippen molar-refractivity contribution in [3.05, 3.63) is 54.7 Å². The summed E-state index contributed by atoms with van der Waals surface area (Å²) in [4.78, 5) is 23.1. The summed E-state index contributed by atoms with van der Waals surface area (Å²) >= 11 is 4.02. The molecule has 0 aliphatic heterocycles. The average molecular weight is 604 g/mol. The summed E-state index contributed by atoms with van der Waals surface area (Å²) in [6.07, 6.45) is 1.46. The molecule has 7 nitrogen and oxygen atoms in total. The summed E-state index contributed by atoms with van der Waals surface area (Å²) in [5.74, 6) is -0.593. The number of aliphatic carboxylic acids is 1. The van der Waals surface area contributed by atoms with E-state index in [2.05, 4.69) is 5.32 Å². The first kappa shape index (κ1) is 22.0. The molecule has 0 saturated heterocycles. The van der Waals surface area contributed by atoms with Crippen LogP contribution in [-0.4, -0.2) is 30.7 Å². The smallest absolute Gasteiger partial charge is 0.341 e. The van der Waals surface area contributed by atoms with Gasteiger partial charge in [-0.1, -0.05) is 6.07 Å². The molecule has 0 aliphatic rings. The number of ether oxygens (including phenoxy) is 2. The Morgan fingerprint density at radius 3 is 2.50 bits per heavy atom. The molecule has 2 N–H and O–H groups in total. The van der Waals surface area contributed by atoms with Gasteiger partial charge in [0, 0.05) is 11.8 Å². The van der Waals surface area contributed by atoms with Crippen LogP contribution in [0.1, 0.15) is 5.56 Å². The number of nitrogens with one attached hydrogen (secondary N) is 1. The maximum atomic E-state index is 12.4. The van der Waals surface area contributed by atoms with Crippen LogP contribution < -0.4 is 14.8 Å². The van der Waals surface area contributed by atoms with Crippen molar-refractivity contribution in [1.82, 2.24) is 0 Å². The van der Waals surface area contributed by atoms with Crippen LogP contribution in [0.15, 0.2) is 42.0 Å². The van der Waals surface area contributed by atoms with Gasteiger partial charge in [0.25, 0.3) is 5.91 Å². The van der Waals surface area contributed by atoms with Gasteiger partial charge in [-0.15, -0.1) is 0 Å². The fraction of sp³-hybridized carbons (Fsp3) is 0.105. The third-order valence-corrected chi connectivity index (χ3v) is 4.97. The highest BCUT2D eigenvalue weighted by molar-refractivity contribution is 14.1. The van der Waals surface area contributed by atoms with Crippen LogP contribution in [0.2, 0.25) is 0 Å². The third kappa shape index (κ3) is 6.10.